The number of nitrogens with one attached hydrogen (secondary N) is 1. The fourth-order valence-electron chi connectivity index (χ4n) is 3.18. The number of benzene rings is 1. The zero-order chi connectivity index (χ0) is 17.2. The Kier molecular flexibility index (Phi) is 5.21. The maximum atomic E-state index is 12.5. The average Bonchev–Trinajstić information content (AvgIpc) is 2.46. The molecular weight excluding hydrogens is 328 g/mol. The summed E-state index contributed by atoms with van der Waals surface area (Å²) in [6.45, 7) is 3.40. The molecule has 3 rings (SSSR count). The third-order valence-corrected chi connectivity index (χ3v) is 5.08. The number of halogens is 1. The van der Waals surface area contributed by atoms with E-state index in [1.54, 1.807) is 30.0 Å². The minimum atomic E-state index is -0.826. The van der Waals surface area contributed by atoms with E-state index in [9.17, 15) is 9.90 Å². The van der Waals surface area contributed by atoms with Gasteiger partial charge in [-0.25, -0.2) is 4.79 Å². The number of urea groups is 1. The van der Waals surface area contributed by atoms with E-state index in [1.807, 2.05) is 0 Å². The second kappa shape index (κ2) is 7.19. The van der Waals surface area contributed by atoms with Crippen LogP contribution in [-0.2, 0) is 0 Å². The molecule has 2 fully saturated rings. The molecule has 24 heavy (non-hydrogen) atoms. The summed E-state index contributed by atoms with van der Waals surface area (Å²) < 4.78 is 5.88. The molecule has 0 bridgehead atoms. The quantitative estimate of drug-likeness (QED) is 0.863. The molecule has 2 amide bonds. The number of aliphatic hydroxyl groups is 1. The molecule has 1 atom stereocenters. The van der Waals surface area contributed by atoms with Gasteiger partial charge in [0, 0.05) is 11.6 Å². The van der Waals surface area contributed by atoms with E-state index in [0.29, 0.717) is 48.5 Å². The number of anilines is 1. The van der Waals surface area contributed by atoms with E-state index in [4.69, 9.17) is 16.3 Å². The number of hydrogen-bond acceptors (Lipinski definition) is 3. The molecule has 0 spiro atoms. The third kappa shape index (κ3) is 4.33. The lowest BCUT2D eigenvalue weighted by Crippen LogP contribution is -2.50. The van der Waals surface area contributed by atoms with E-state index in [2.05, 4.69) is 5.32 Å². The van der Waals surface area contributed by atoms with E-state index >= 15 is 0 Å². The lowest BCUT2D eigenvalue weighted by molar-refractivity contribution is -0.000641. The summed E-state index contributed by atoms with van der Waals surface area (Å²) >= 11 is 6.07. The number of rotatable bonds is 4. The van der Waals surface area contributed by atoms with E-state index in [0.717, 1.165) is 6.42 Å². The van der Waals surface area contributed by atoms with Gasteiger partial charge in [-0.3, -0.25) is 0 Å². The molecule has 1 aliphatic heterocycles. The first-order valence-electron chi connectivity index (χ1n) is 8.64. The van der Waals surface area contributed by atoms with Gasteiger partial charge in [-0.2, -0.15) is 0 Å². The van der Waals surface area contributed by atoms with Crippen molar-refractivity contribution in [2.75, 3.05) is 25.0 Å². The molecule has 1 aromatic carbocycles. The minimum Gasteiger partial charge on any atom is -0.491 e. The summed E-state index contributed by atoms with van der Waals surface area (Å²) in [5.74, 6) is 1.25. The maximum Gasteiger partial charge on any atom is 0.322 e. The maximum absolute atomic E-state index is 12.5. The fraction of sp³-hybridized carbons (Fsp3) is 0.611. The zero-order valence-electron chi connectivity index (χ0n) is 14.1. The number of amides is 2. The normalized spacial score (nSPS) is 24.4. The van der Waals surface area contributed by atoms with Crippen LogP contribution < -0.4 is 10.1 Å². The molecule has 0 unspecified atom stereocenters. The van der Waals surface area contributed by atoms with Gasteiger partial charge < -0.3 is 20.1 Å². The number of ether oxygens (including phenoxy) is 1. The average molecular weight is 353 g/mol. The molecule has 1 saturated heterocycles. The lowest BCUT2D eigenvalue weighted by Gasteiger charge is -2.36. The van der Waals surface area contributed by atoms with Crippen molar-refractivity contribution >= 4 is 23.3 Å². The third-order valence-electron chi connectivity index (χ3n) is 4.84. The molecule has 1 saturated carbocycles. The van der Waals surface area contributed by atoms with Gasteiger partial charge in [0.05, 0.1) is 24.4 Å². The fourth-order valence-corrected chi connectivity index (χ4v) is 3.35. The second-order valence-corrected chi connectivity index (χ2v) is 7.64. The van der Waals surface area contributed by atoms with Crippen molar-refractivity contribution in [2.45, 2.75) is 44.6 Å². The van der Waals surface area contributed by atoms with Gasteiger partial charge in [0.15, 0.2) is 0 Å². The number of piperidine rings is 1. The molecule has 1 aliphatic carbocycles. The molecule has 0 radical (unpaired) electrons. The van der Waals surface area contributed by atoms with Gasteiger partial charge in [-0.05, 0) is 56.7 Å². The zero-order valence-corrected chi connectivity index (χ0v) is 14.8. The highest BCUT2D eigenvalue weighted by Crippen LogP contribution is 2.32. The highest BCUT2D eigenvalue weighted by molar-refractivity contribution is 6.31. The highest BCUT2D eigenvalue weighted by Gasteiger charge is 2.31. The van der Waals surface area contributed by atoms with E-state index in [-0.39, 0.29) is 6.03 Å². The van der Waals surface area contributed by atoms with Crippen LogP contribution >= 0.6 is 11.6 Å². The van der Waals surface area contributed by atoms with Crippen LogP contribution in [0, 0.1) is 5.92 Å². The Balaban J connectivity index is 1.66. The summed E-state index contributed by atoms with van der Waals surface area (Å²) in [4.78, 5) is 14.2. The first-order valence-corrected chi connectivity index (χ1v) is 9.01. The van der Waals surface area contributed by atoms with Crippen molar-refractivity contribution in [3.8, 4) is 5.75 Å². The molecular formula is C18H25ClN2O3. The van der Waals surface area contributed by atoms with Crippen molar-refractivity contribution in [1.29, 1.82) is 0 Å². The molecule has 2 N–H and O–H groups in total. The number of β-amino-alcohol motifs (C(OH)–C–C–N with tert-alkyl or cyclic N) is 1. The Morgan fingerprint density at radius 2 is 2.25 bits per heavy atom. The largest absolute Gasteiger partial charge is 0.491 e. The summed E-state index contributed by atoms with van der Waals surface area (Å²) in [5, 5.41) is 13.6. The van der Waals surface area contributed by atoms with Gasteiger partial charge in [0.1, 0.15) is 5.75 Å². The van der Waals surface area contributed by atoms with Crippen molar-refractivity contribution < 1.29 is 14.6 Å². The molecule has 5 nitrogen and oxygen atoms in total. The molecule has 6 heteroatoms. The SMILES string of the molecule is C[C@]1(O)CCCN(C(=O)Nc2cc(Cl)ccc2OCC2CCC2)C1. The van der Waals surface area contributed by atoms with Crippen molar-refractivity contribution in [1.82, 2.24) is 4.90 Å². The Labute approximate surface area is 147 Å². The number of likely N-dealkylation sites (tertiary alicyclic amines) is 1. The van der Waals surface area contributed by atoms with Crippen LogP contribution in [0.4, 0.5) is 10.5 Å². The first kappa shape index (κ1) is 17.4. The van der Waals surface area contributed by atoms with Gasteiger partial charge in [-0.15, -0.1) is 0 Å². The molecule has 1 heterocycles. The van der Waals surface area contributed by atoms with Gasteiger partial charge in [0.2, 0.25) is 0 Å². The van der Waals surface area contributed by atoms with Crippen LogP contribution in [0.3, 0.4) is 0 Å². The lowest BCUT2D eigenvalue weighted by atomic mass is 9.86. The van der Waals surface area contributed by atoms with Gasteiger partial charge >= 0.3 is 6.03 Å². The van der Waals surface area contributed by atoms with Crippen LogP contribution in [0.1, 0.15) is 39.0 Å². The van der Waals surface area contributed by atoms with Crippen molar-refractivity contribution in [3.63, 3.8) is 0 Å². The standard InChI is InChI=1S/C18H25ClN2O3/c1-18(23)8-3-9-21(12-18)17(22)20-15-10-14(19)6-7-16(15)24-11-13-4-2-5-13/h6-7,10,13,23H,2-5,8-9,11-12H2,1H3,(H,20,22)/t18-/m0/s1. The Morgan fingerprint density at radius 1 is 1.46 bits per heavy atom. The number of nitrogens with zero attached hydrogens (tertiary/aromatic N) is 1. The Hall–Kier alpha value is -1.46. The summed E-state index contributed by atoms with van der Waals surface area (Å²) in [7, 11) is 0. The first-order chi connectivity index (χ1) is 11.4. The second-order valence-electron chi connectivity index (χ2n) is 7.20. The van der Waals surface area contributed by atoms with Crippen LogP contribution in [0.2, 0.25) is 5.02 Å². The van der Waals surface area contributed by atoms with Crippen LogP contribution in [-0.4, -0.2) is 41.3 Å². The smallest absolute Gasteiger partial charge is 0.322 e. The minimum absolute atomic E-state index is 0.231. The molecule has 1 aromatic rings. The Morgan fingerprint density at radius 3 is 2.92 bits per heavy atom. The Bertz CT molecular complexity index is 602. The van der Waals surface area contributed by atoms with Gasteiger partial charge in [0.25, 0.3) is 0 Å². The topological polar surface area (TPSA) is 61.8 Å². The molecule has 132 valence electrons. The van der Waals surface area contributed by atoms with Crippen LogP contribution in [0.25, 0.3) is 0 Å². The van der Waals surface area contributed by atoms with E-state index < -0.39 is 5.60 Å². The van der Waals surface area contributed by atoms with Crippen LogP contribution in [0.15, 0.2) is 18.2 Å². The summed E-state index contributed by atoms with van der Waals surface area (Å²) in [6.07, 6.45) is 5.19. The summed E-state index contributed by atoms with van der Waals surface area (Å²) in [6, 6.07) is 5.03. The predicted octanol–water partition coefficient (Wildman–Crippen LogP) is 3.90. The molecule has 2 aliphatic rings. The van der Waals surface area contributed by atoms with Crippen molar-refractivity contribution in [2.24, 2.45) is 5.92 Å². The number of hydrogen-bond donors (Lipinski definition) is 2. The summed E-state index contributed by atoms with van der Waals surface area (Å²) in [5.41, 5.74) is -0.245. The predicted molar refractivity (Wildman–Crippen MR) is 94.7 cm³/mol. The van der Waals surface area contributed by atoms with E-state index in [1.165, 1.54) is 19.3 Å². The van der Waals surface area contributed by atoms with Gasteiger partial charge in [-0.1, -0.05) is 18.0 Å². The highest BCUT2D eigenvalue weighted by atomic mass is 35.5. The number of carbonyl (C=O) groups excluding carboxylic acids is 1. The monoisotopic (exact) mass is 352 g/mol. The van der Waals surface area contributed by atoms with Crippen LogP contribution in [0.5, 0.6) is 5.75 Å². The molecule has 0 aromatic heterocycles. The number of carbonyl (C=O) groups is 1. The van der Waals surface area contributed by atoms with Crippen molar-refractivity contribution in [3.05, 3.63) is 23.2 Å².